The van der Waals surface area contributed by atoms with E-state index in [-0.39, 0.29) is 11.9 Å². The molecule has 0 atom stereocenters. The Morgan fingerprint density at radius 2 is 2.12 bits per heavy atom. The number of carbonyl (C=O) groups excluding carboxylic acids is 2. The van der Waals surface area contributed by atoms with E-state index < -0.39 is 0 Å². The van der Waals surface area contributed by atoms with Crippen molar-refractivity contribution >= 4 is 23.3 Å². The maximum Gasteiger partial charge on any atom is 0.321 e. The highest BCUT2D eigenvalue weighted by Gasteiger charge is 2.20. The summed E-state index contributed by atoms with van der Waals surface area (Å²) in [5.41, 5.74) is 1.50. The van der Waals surface area contributed by atoms with E-state index in [0.29, 0.717) is 18.8 Å². The Morgan fingerprint density at radius 1 is 1.41 bits per heavy atom. The van der Waals surface area contributed by atoms with Gasteiger partial charge in [0.25, 0.3) is 0 Å². The largest absolute Gasteiger partial charge is 0.336 e. The van der Waals surface area contributed by atoms with Crippen LogP contribution in [0.25, 0.3) is 0 Å². The number of hydrogen-bond donors (Lipinski definition) is 2. The van der Waals surface area contributed by atoms with Crippen LogP contribution in [0.3, 0.4) is 0 Å². The summed E-state index contributed by atoms with van der Waals surface area (Å²) in [5.74, 6) is -0.253. The zero-order valence-corrected chi connectivity index (χ0v) is 9.27. The first-order valence-electron chi connectivity index (χ1n) is 5.29. The van der Waals surface area contributed by atoms with Crippen LogP contribution in [0.15, 0.2) is 36.9 Å². The first-order chi connectivity index (χ1) is 8.20. The summed E-state index contributed by atoms with van der Waals surface area (Å²) in [6.07, 6.45) is 1.21. The van der Waals surface area contributed by atoms with Crippen LogP contribution in [0.1, 0.15) is 0 Å². The molecule has 0 saturated carbocycles. The topological polar surface area (TPSA) is 61.4 Å². The van der Waals surface area contributed by atoms with Crippen molar-refractivity contribution in [3.63, 3.8) is 0 Å². The molecule has 1 aliphatic rings. The lowest BCUT2D eigenvalue weighted by Gasteiger charge is -2.14. The lowest BCUT2D eigenvalue weighted by molar-refractivity contribution is -0.111. The third-order valence-electron chi connectivity index (χ3n) is 2.49. The maximum atomic E-state index is 11.4. The molecule has 0 aromatic heterocycles. The van der Waals surface area contributed by atoms with E-state index in [1.165, 1.54) is 6.08 Å². The molecule has 0 bridgehead atoms. The molecule has 5 heteroatoms. The Bertz CT molecular complexity index is 453. The smallest absolute Gasteiger partial charge is 0.321 e. The predicted molar refractivity (Wildman–Crippen MR) is 66.0 cm³/mol. The molecule has 17 heavy (non-hydrogen) atoms. The molecule has 0 aliphatic carbocycles. The quantitative estimate of drug-likeness (QED) is 0.771. The third-order valence-corrected chi connectivity index (χ3v) is 2.49. The monoisotopic (exact) mass is 231 g/mol. The normalized spacial score (nSPS) is 14.4. The van der Waals surface area contributed by atoms with Crippen molar-refractivity contribution in [3.8, 4) is 0 Å². The molecular formula is C12H13N3O2. The van der Waals surface area contributed by atoms with Gasteiger partial charge in [-0.25, -0.2) is 4.79 Å². The van der Waals surface area contributed by atoms with Gasteiger partial charge in [0.2, 0.25) is 5.91 Å². The number of rotatable bonds is 3. The van der Waals surface area contributed by atoms with Crippen LogP contribution in [0, 0.1) is 0 Å². The molecule has 0 unspecified atom stereocenters. The molecule has 3 amide bonds. The predicted octanol–water partition coefficient (Wildman–Crippen LogP) is 1.34. The highest BCUT2D eigenvalue weighted by Crippen LogP contribution is 2.19. The van der Waals surface area contributed by atoms with Crippen molar-refractivity contribution in [3.05, 3.63) is 36.9 Å². The molecule has 1 saturated heterocycles. The number of urea groups is 1. The zero-order valence-electron chi connectivity index (χ0n) is 9.27. The molecule has 1 fully saturated rings. The van der Waals surface area contributed by atoms with Crippen molar-refractivity contribution in [1.29, 1.82) is 0 Å². The second kappa shape index (κ2) is 4.69. The zero-order chi connectivity index (χ0) is 12.3. The van der Waals surface area contributed by atoms with Gasteiger partial charge < -0.3 is 10.6 Å². The van der Waals surface area contributed by atoms with Crippen LogP contribution in [0.5, 0.6) is 0 Å². The number of anilines is 2. The average Bonchev–Trinajstić information content (AvgIpc) is 2.76. The van der Waals surface area contributed by atoms with E-state index in [0.717, 1.165) is 5.69 Å². The van der Waals surface area contributed by atoms with Gasteiger partial charge in [0.1, 0.15) is 0 Å². The standard InChI is InChI=1S/C12H13N3O2/c1-2-11(16)14-9-3-5-10(6-4-9)15-8-7-13-12(15)17/h2-6H,1,7-8H2,(H,13,17)(H,14,16). The summed E-state index contributed by atoms with van der Waals surface area (Å²) in [6, 6.07) is 7.01. The Labute approximate surface area is 99.1 Å². The van der Waals surface area contributed by atoms with Crippen LogP contribution >= 0.6 is 0 Å². The number of carbonyl (C=O) groups is 2. The number of nitrogens with zero attached hydrogens (tertiary/aromatic N) is 1. The summed E-state index contributed by atoms with van der Waals surface area (Å²) < 4.78 is 0. The fourth-order valence-electron chi connectivity index (χ4n) is 1.64. The van der Waals surface area contributed by atoms with E-state index in [4.69, 9.17) is 0 Å². The molecule has 2 rings (SSSR count). The van der Waals surface area contributed by atoms with Crippen molar-refractivity contribution in [2.75, 3.05) is 23.3 Å². The number of amides is 3. The summed E-state index contributed by atoms with van der Waals surface area (Å²) in [4.78, 5) is 24.1. The molecule has 1 aliphatic heterocycles. The molecule has 1 heterocycles. The van der Waals surface area contributed by atoms with Crippen LogP contribution in [-0.2, 0) is 4.79 Å². The van der Waals surface area contributed by atoms with Gasteiger partial charge in [-0.3, -0.25) is 9.69 Å². The molecule has 1 aromatic rings. The second-order valence-corrected chi connectivity index (χ2v) is 3.62. The van der Waals surface area contributed by atoms with Gasteiger partial charge in [-0.1, -0.05) is 6.58 Å². The van der Waals surface area contributed by atoms with Gasteiger partial charge in [0.05, 0.1) is 0 Å². The fourth-order valence-corrected chi connectivity index (χ4v) is 1.64. The van der Waals surface area contributed by atoms with Crippen LogP contribution in [0.2, 0.25) is 0 Å². The highest BCUT2D eigenvalue weighted by molar-refractivity contribution is 5.99. The molecule has 0 spiro atoms. The summed E-state index contributed by atoms with van der Waals surface area (Å²) in [6.45, 7) is 4.70. The van der Waals surface area contributed by atoms with Gasteiger partial charge in [-0.15, -0.1) is 0 Å². The third kappa shape index (κ3) is 2.44. The summed E-state index contributed by atoms with van der Waals surface area (Å²) >= 11 is 0. The minimum atomic E-state index is -0.253. The molecular weight excluding hydrogens is 218 g/mol. The second-order valence-electron chi connectivity index (χ2n) is 3.62. The van der Waals surface area contributed by atoms with Crippen LogP contribution in [0.4, 0.5) is 16.2 Å². The molecule has 2 N–H and O–H groups in total. The Hall–Kier alpha value is -2.30. The lowest BCUT2D eigenvalue weighted by atomic mass is 10.2. The highest BCUT2D eigenvalue weighted by atomic mass is 16.2. The van der Waals surface area contributed by atoms with E-state index in [1.54, 1.807) is 29.2 Å². The minimum Gasteiger partial charge on any atom is -0.336 e. The molecule has 5 nitrogen and oxygen atoms in total. The summed E-state index contributed by atoms with van der Waals surface area (Å²) in [5, 5.41) is 5.37. The van der Waals surface area contributed by atoms with Gasteiger partial charge in [-0.2, -0.15) is 0 Å². The van der Waals surface area contributed by atoms with E-state index in [1.807, 2.05) is 0 Å². The first kappa shape index (κ1) is 11.2. The van der Waals surface area contributed by atoms with Gasteiger partial charge in [0, 0.05) is 24.5 Å². The van der Waals surface area contributed by atoms with E-state index in [9.17, 15) is 9.59 Å². The van der Waals surface area contributed by atoms with Crippen LogP contribution in [-0.4, -0.2) is 25.0 Å². The number of hydrogen-bond acceptors (Lipinski definition) is 2. The SMILES string of the molecule is C=CC(=O)Nc1ccc(N2CCNC2=O)cc1. The van der Waals surface area contributed by atoms with Crippen LogP contribution < -0.4 is 15.5 Å². The molecule has 1 aromatic carbocycles. The first-order valence-corrected chi connectivity index (χ1v) is 5.29. The van der Waals surface area contributed by atoms with Crippen molar-refractivity contribution < 1.29 is 9.59 Å². The van der Waals surface area contributed by atoms with Crippen molar-refractivity contribution in [2.24, 2.45) is 0 Å². The average molecular weight is 231 g/mol. The van der Waals surface area contributed by atoms with Crippen molar-refractivity contribution in [2.45, 2.75) is 0 Å². The number of nitrogens with one attached hydrogen (secondary N) is 2. The van der Waals surface area contributed by atoms with E-state index >= 15 is 0 Å². The van der Waals surface area contributed by atoms with Gasteiger partial charge >= 0.3 is 6.03 Å². The summed E-state index contributed by atoms with van der Waals surface area (Å²) in [7, 11) is 0. The lowest BCUT2D eigenvalue weighted by Crippen LogP contribution is -2.27. The van der Waals surface area contributed by atoms with E-state index in [2.05, 4.69) is 17.2 Å². The Balaban J connectivity index is 2.10. The maximum absolute atomic E-state index is 11.4. The Kier molecular flexibility index (Phi) is 3.09. The number of benzene rings is 1. The van der Waals surface area contributed by atoms with Gasteiger partial charge in [0.15, 0.2) is 0 Å². The molecule has 88 valence electrons. The molecule has 0 radical (unpaired) electrons. The van der Waals surface area contributed by atoms with Gasteiger partial charge in [-0.05, 0) is 30.3 Å². The minimum absolute atomic E-state index is 0.0899. The fraction of sp³-hybridized carbons (Fsp3) is 0.167. The van der Waals surface area contributed by atoms with Crippen molar-refractivity contribution in [1.82, 2.24) is 5.32 Å². The Morgan fingerprint density at radius 3 is 2.65 bits per heavy atom.